The summed E-state index contributed by atoms with van der Waals surface area (Å²) in [6.45, 7) is 9.06. The van der Waals surface area contributed by atoms with Crippen LogP contribution in [0.15, 0.2) is 48.7 Å². The van der Waals surface area contributed by atoms with Crippen molar-refractivity contribution in [1.29, 1.82) is 0 Å². The Hall–Kier alpha value is -2.71. The molecule has 2 fully saturated rings. The average Bonchev–Trinajstić information content (AvgIpc) is 3.35. The highest BCUT2D eigenvalue weighted by molar-refractivity contribution is 5.69. The third kappa shape index (κ3) is 5.06. The lowest BCUT2D eigenvalue weighted by Crippen LogP contribution is -2.35. The van der Waals surface area contributed by atoms with Crippen molar-refractivity contribution >= 4 is 0 Å². The summed E-state index contributed by atoms with van der Waals surface area (Å²) in [4.78, 5) is 9.76. The van der Waals surface area contributed by atoms with Gasteiger partial charge in [0.25, 0.3) is 0 Å². The topological polar surface area (TPSA) is 52.0 Å². The van der Waals surface area contributed by atoms with E-state index in [4.69, 9.17) is 19.2 Å². The molecule has 4 heterocycles. The molecule has 0 aliphatic carbocycles. The van der Waals surface area contributed by atoms with Crippen LogP contribution in [0.5, 0.6) is 5.75 Å². The predicted molar refractivity (Wildman–Crippen MR) is 140 cm³/mol. The number of benzene rings is 2. The van der Waals surface area contributed by atoms with Gasteiger partial charge in [-0.25, -0.2) is 4.98 Å². The summed E-state index contributed by atoms with van der Waals surface area (Å²) in [6.07, 6.45) is 4.61. The molecule has 7 nitrogen and oxygen atoms in total. The van der Waals surface area contributed by atoms with Crippen molar-refractivity contribution in [2.75, 3.05) is 59.7 Å². The zero-order valence-corrected chi connectivity index (χ0v) is 21.2. The van der Waals surface area contributed by atoms with E-state index in [0.717, 1.165) is 82.0 Å². The zero-order chi connectivity index (χ0) is 24.3. The standard InChI is InChI=1S/C29H36N4O3/c1-34-15-12-31-10-8-24(9-11-31)22-2-4-23(5-3-22)25-6-7-27-28(18-25)36-21-29-30-26(20-33(27)29)19-32-13-16-35-17-14-32/h2-7,18,20,24H,8-17,19,21H2,1H3. The van der Waals surface area contributed by atoms with Crippen LogP contribution in [0, 0.1) is 0 Å². The third-order valence-corrected chi connectivity index (χ3v) is 7.81. The second-order valence-corrected chi connectivity index (χ2v) is 10.1. The van der Waals surface area contributed by atoms with Gasteiger partial charge >= 0.3 is 0 Å². The maximum absolute atomic E-state index is 6.14. The summed E-state index contributed by atoms with van der Waals surface area (Å²) in [5, 5.41) is 0. The Kier molecular flexibility index (Phi) is 7.05. The highest BCUT2D eigenvalue weighted by Gasteiger charge is 2.23. The molecule has 0 bridgehead atoms. The molecule has 6 rings (SSSR count). The van der Waals surface area contributed by atoms with Crippen molar-refractivity contribution < 1.29 is 14.2 Å². The molecule has 3 aliphatic rings. The Morgan fingerprint density at radius 2 is 1.72 bits per heavy atom. The monoisotopic (exact) mass is 488 g/mol. The quantitative estimate of drug-likeness (QED) is 0.499. The van der Waals surface area contributed by atoms with Gasteiger partial charge in [0.15, 0.2) is 5.82 Å². The second kappa shape index (κ2) is 10.7. The maximum atomic E-state index is 6.14. The molecule has 36 heavy (non-hydrogen) atoms. The number of hydrogen-bond donors (Lipinski definition) is 0. The smallest absolute Gasteiger partial charge is 0.151 e. The number of morpholine rings is 1. The summed E-state index contributed by atoms with van der Waals surface area (Å²) >= 11 is 0. The molecule has 0 atom stereocenters. The number of rotatable bonds is 7. The van der Waals surface area contributed by atoms with E-state index in [9.17, 15) is 0 Å². The molecule has 0 saturated carbocycles. The van der Waals surface area contributed by atoms with Crippen molar-refractivity contribution in [1.82, 2.24) is 19.4 Å². The highest BCUT2D eigenvalue weighted by Crippen LogP contribution is 2.35. The third-order valence-electron chi connectivity index (χ3n) is 7.81. The van der Waals surface area contributed by atoms with Crippen LogP contribution in [0.25, 0.3) is 16.8 Å². The molecule has 2 aromatic carbocycles. The molecular weight excluding hydrogens is 452 g/mol. The van der Waals surface area contributed by atoms with Gasteiger partial charge in [-0.3, -0.25) is 9.47 Å². The second-order valence-electron chi connectivity index (χ2n) is 10.1. The van der Waals surface area contributed by atoms with Crippen LogP contribution in [0.3, 0.4) is 0 Å². The molecule has 3 aromatic rings. The van der Waals surface area contributed by atoms with E-state index in [1.54, 1.807) is 7.11 Å². The number of piperidine rings is 1. The van der Waals surface area contributed by atoms with Crippen molar-refractivity contribution in [3.8, 4) is 22.6 Å². The summed E-state index contributed by atoms with van der Waals surface area (Å²) in [7, 11) is 1.78. The predicted octanol–water partition coefficient (Wildman–Crippen LogP) is 4.09. The van der Waals surface area contributed by atoms with Crippen molar-refractivity contribution in [2.45, 2.75) is 31.9 Å². The molecule has 0 radical (unpaired) electrons. The Balaban J connectivity index is 1.13. The first kappa shape index (κ1) is 23.7. The first-order valence-corrected chi connectivity index (χ1v) is 13.2. The van der Waals surface area contributed by atoms with Crippen molar-refractivity contribution in [2.24, 2.45) is 0 Å². The number of hydrogen-bond acceptors (Lipinski definition) is 6. The van der Waals surface area contributed by atoms with Crippen LogP contribution in [-0.2, 0) is 22.6 Å². The lowest BCUT2D eigenvalue weighted by Gasteiger charge is -2.32. The number of likely N-dealkylation sites (tertiary alicyclic amines) is 1. The zero-order valence-electron chi connectivity index (χ0n) is 21.2. The highest BCUT2D eigenvalue weighted by atomic mass is 16.5. The molecule has 0 amide bonds. The SMILES string of the molecule is COCCN1CCC(c2ccc(-c3ccc4c(c3)OCc3nc(CN5CCOCC5)cn3-4)cc2)CC1. The summed E-state index contributed by atoms with van der Waals surface area (Å²) in [5.74, 6) is 2.54. The van der Waals surface area contributed by atoms with Gasteiger partial charge in [0.05, 0.1) is 31.2 Å². The number of ether oxygens (including phenoxy) is 3. The lowest BCUT2D eigenvalue weighted by molar-refractivity contribution is 0.0337. The molecule has 1 aromatic heterocycles. The van der Waals surface area contributed by atoms with Gasteiger partial charge in [0, 0.05) is 39.5 Å². The number of imidazole rings is 1. The van der Waals surface area contributed by atoms with E-state index < -0.39 is 0 Å². The molecular formula is C29H36N4O3. The number of fused-ring (bicyclic) bond motifs is 3. The molecule has 3 aliphatic heterocycles. The van der Waals surface area contributed by atoms with Gasteiger partial charge in [0.1, 0.15) is 12.4 Å². The first-order chi connectivity index (χ1) is 17.8. The van der Waals surface area contributed by atoms with Crippen LogP contribution < -0.4 is 4.74 Å². The summed E-state index contributed by atoms with van der Waals surface area (Å²) in [5.41, 5.74) is 6.03. The summed E-state index contributed by atoms with van der Waals surface area (Å²) < 4.78 is 19.0. The minimum atomic E-state index is 0.502. The Morgan fingerprint density at radius 1 is 0.944 bits per heavy atom. The van der Waals surface area contributed by atoms with Gasteiger partial charge < -0.3 is 19.1 Å². The summed E-state index contributed by atoms with van der Waals surface area (Å²) in [6, 6.07) is 15.7. The molecule has 0 unspecified atom stereocenters. The van der Waals surface area contributed by atoms with E-state index in [-0.39, 0.29) is 0 Å². The number of nitrogens with zero attached hydrogens (tertiary/aromatic N) is 4. The van der Waals surface area contributed by atoms with E-state index >= 15 is 0 Å². The van der Waals surface area contributed by atoms with Crippen LogP contribution in [0.4, 0.5) is 0 Å². The Morgan fingerprint density at radius 3 is 2.50 bits per heavy atom. The normalized spacial score (nSPS) is 19.0. The lowest BCUT2D eigenvalue weighted by atomic mass is 9.88. The van der Waals surface area contributed by atoms with E-state index in [0.29, 0.717) is 12.5 Å². The molecule has 2 saturated heterocycles. The van der Waals surface area contributed by atoms with Crippen LogP contribution in [0.2, 0.25) is 0 Å². The van der Waals surface area contributed by atoms with Crippen molar-refractivity contribution in [3.05, 3.63) is 65.7 Å². The van der Waals surface area contributed by atoms with Gasteiger partial charge in [0.2, 0.25) is 0 Å². The molecule has 0 N–H and O–H groups in total. The minimum absolute atomic E-state index is 0.502. The van der Waals surface area contributed by atoms with Gasteiger partial charge in [-0.15, -0.1) is 0 Å². The fourth-order valence-corrected chi connectivity index (χ4v) is 5.66. The largest absolute Gasteiger partial charge is 0.483 e. The molecule has 7 heteroatoms. The van der Waals surface area contributed by atoms with E-state index in [2.05, 4.69) is 63.0 Å². The fraction of sp³-hybridized carbons (Fsp3) is 0.483. The number of methoxy groups -OCH3 is 1. The van der Waals surface area contributed by atoms with Gasteiger partial charge in [-0.1, -0.05) is 30.3 Å². The van der Waals surface area contributed by atoms with E-state index in [1.165, 1.54) is 29.5 Å². The minimum Gasteiger partial charge on any atom is -0.483 e. The van der Waals surface area contributed by atoms with E-state index in [1.807, 2.05) is 0 Å². The molecule has 190 valence electrons. The number of aromatic nitrogens is 2. The van der Waals surface area contributed by atoms with Gasteiger partial charge in [-0.05, 0) is 60.7 Å². The van der Waals surface area contributed by atoms with Gasteiger partial charge in [-0.2, -0.15) is 0 Å². The van der Waals surface area contributed by atoms with Crippen molar-refractivity contribution in [3.63, 3.8) is 0 Å². The fourth-order valence-electron chi connectivity index (χ4n) is 5.66. The van der Waals surface area contributed by atoms with Crippen LogP contribution in [0.1, 0.15) is 35.8 Å². The Labute approximate surface area is 213 Å². The maximum Gasteiger partial charge on any atom is 0.151 e. The Bertz CT molecular complexity index is 1160. The van der Waals surface area contributed by atoms with Crippen LogP contribution >= 0.6 is 0 Å². The van der Waals surface area contributed by atoms with Crippen LogP contribution in [-0.4, -0.2) is 79.0 Å². The molecule has 0 spiro atoms. The first-order valence-electron chi connectivity index (χ1n) is 13.2. The average molecular weight is 489 g/mol.